The van der Waals surface area contributed by atoms with Crippen molar-refractivity contribution in [2.45, 2.75) is 18.4 Å². The van der Waals surface area contributed by atoms with Crippen LogP contribution in [0.15, 0.2) is 36.9 Å². The van der Waals surface area contributed by atoms with Gasteiger partial charge >= 0.3 is 0 Å². The van der Waals surface area contributed by atoms with Crippen molar-refractivity contribution < 1.29 is 14.3 Å². The van der Waals surface area contributed by atoms with Crippen molar-refractivity contribution in [3.05, 3.63) is 48.4 Å². The molecular formula is C17H20FN5O2. The normalized spacial score (nSPS) is 20.4. The molecule has 7 nitrogen and oxygen atoms in total. The van der Waals surface area contributed by atoms with Gasteiger partial charge in [0.1, 0.15) is 17.3 Å². The van der Waals surface area contributed by atoms with E-state index in [4.69, 9.17) is 0 Å². The van der Waals surface area contributed by atoms with E-state index in [2.05, 4.69) is 15.0 Å². The Morgan fingerprint density at radius 1 is 1.36 bits per heavy atom. The van der Waals surface area contributed by atoms with E-state index in [-0.39, 0.29) is 18.1 Å². The van der Waals surface area contributed by atoms with Gasteiger partial charge < -0.3 is 14.9 Å². The lowest BCUT2D eigenvalue weighted by Gasteiger charge is -2.41. The number of piperidine rings is 1. The third-order valence-corrected chi connectivity index (χ3v) is 4.25. The molecule has 0 saturated carbocycles. The molecule has 8 heteroatoms. The topological polar surface area (TPSA) is 82.5 Å². The van der Waals surface area contributed by atoms with Crippen LogP contribution in [0.4, 0.5) is 10.2 Å². The molecule has 3 rings (SSSR count). The molecule has 0 unspecified atom stereocenters. The number of likely N-dealkylation sites (N-methyl/N-ethyl adjacent to an activating group) is 1. The smallest absolute Gasteiger partial charge is 0.273 e. The van der Waals surface area contributed by atoms with Gasteiger partial charge in [0, 0.05) is 32.5 Å². The summed E-state index contributed by atoms with van der Waals surface area (Å²) >= 11 is 0. The summed E-state index contributed by atoms with van der Waals surface area (Å²) in [4.78, 5) is 27.7. The number of β-amino-alcohol motifs (C(OH)–C–C–N with tert-alkyl or cyclic N) is 1. The molecule has 0 bridgehead atoms. The maximum Gasteiger partial charge on any atom is 0.273 e. The van der Waals surface area contributed by atoms with Crippen LogP contribution in [-0.4, -0.2) is 63.1 Å². The number of nitrogens with zero attached hydrogens (tertiary/aromatic N) is 5. The number of aliphatic hydroxyl groups is 1. The zero-order chi connectivity index (χ0) is 17.9. The largest absolute Gasteiger partial charge is 0.386 e. The van der Waals surface area contributed by atoms with Gasteiger partial charge in [0.25, 0.3) is 5.91 Å². The Balaban J connectivity index is 1.68. The second kappa shape index (κ2) is 7.10. The van der Waals surface area contributed by atoms with Gasteiger partial charge in [-0.1, -0.05) is 0 Å². The van der Waals surface area contributed by atoms with Gasteiger partial charge in [-0.25, -0.2) is 14.4 Å². The molecule has 132 valence electrons. The van der Waals surface area contributed by atoms with Gasteiger partial charge in [0.15, 0.2) is 0 Å². The van der Waals surface area contributed by atoms with E-state index in [9.17, 15) is 14.3 Å². The molecule has 1 amide bonds. The van der Waals surface area contributed by atoms with Gasteiger partial charge in [0.05, 0.1) is 24.5 Å². The van der Waals surface area contributed by atoms with E-state index < -0.39 is 11.4 Å². The van der Waals surface area contributed by atoms with E-state index in [1.807, 2.05) is 4.90 Å². The van der Waals surface area contributed by atoms with Gasteiger partial charge in [-0.3, -0.25) is 9.78 Å². The molecule has 0 radical (unpaired) electrons. The van der Waals surface area contributed by atoms with Crippen molar-refractivity contribution in [1.29, 1.82) is 0 Å². The van der Waals surface area contributed by atoms with Gasteiger partial charge in [0.2, 0.25) is 0 Å². The first-order chi connectivity index (χ1) is 12.0. The number of pyridine rings is 1. The Morgan fingerprint density at radius 2 is 2.20 bits per heavy atom. The highest BCUT2D eigenvalue weighted by Gasteiger charge is 2.36. The first-order valence-electron chi connectivity index (χ1n) is 8.07. The third-order valence-electron chi connectivity index (χ3n) is 4.25. The molecule has 1 N–H and O–H groups in total. The maximum atomic E-state index is 13.0. The van der Waals surface area contributed by atoms with Crippen molar-refractivity contribution in [2.75, 3.05) is 31.6 Å². The molecule has 1 saturated heterocycles. The predicted molar refractivity (Wildman–Crippen MR) is 89.6 cm³/mol. The average Bonchev–Trinajstić information content (AvgIpc) is 2.62. The molecule has 2 aromatic heterocycles. The Labute approximate surface area is 145 Å². The van der Waals surface area contributed by atoms with E-state index >= 15 is 0 Å². The summed E-state index contributed by atoms with van der Waals surface area (Å²) in [5.74, 6) is -0.0775. The van der Waals surface area contributed by atoms with Crippen LogP contribution in [0.5, 0.6) is 0 Å². The SMILES string of the molecule is CN(C[C@@]1(O)CCCN(c2ccc(F)cn2)C1)C(=O)c1cnccn1. The number of rotatable bonds is 4. The van der Waals surface area contributed by atoms with Crippen LogP contribution >= 0.6 is 0 Å². The first-order valence-corrected chi connectivity index (χ1v) is 8.07. The minimum Gasteiger partial charge on any atom is -0.386 e. The van der Waals surface area contributed by atoms with E-state index in [1.165, 1.54) is 29.6 Å². The zero-order valence-corrected chi connectivity index (χ0v) is 14.0. The molecular weight excluding hydrogens is 325 g/mol. The summed E-state index contributed by atoms with van der Waals surface area (Å²) in [7, 11) is 1.63. The summed E-state index contributed by atoms with van der Waals surface area (Å²) < 4.78 is 13.0. The summed E-state index contributed by atoms with van der Waals surface area (Å²) in [5, 5.41) is 11.0. The fourth-order valence-corrected chi connectivity index (χ4v) is 3.11. The fourth-order valence-electron chi connectivity index (χ4n) is 3.11. The van der Waals surface area contributed by atoms with Crippen molar-refractivity contribution in [2.24, 2.45) is 0 Å². The van der Waals surface area contributed by atoms with Crippen LogP contribution in [0, 0.1) is 5.82 Å². The minimum atomic E-state index is -1.07. The summed E-state index contributed by atoms with van der Waals surface area (Å²) in [6.07, 6.45) is 6.84. The lowest BCUT2D eigenvalue weighted by atomic mass is 9.92. The van der Waals surface area contributed by atoms with E-state index in [1.54, 1.807) is 13.1 Å². The molecule has 0 spiro atoms. The molecule has 1 fully saturated rings. The van der Waals surface area contributed by atoms with E-state index in [0.717, 1.165) is 19.2 Å². The van der Waals surface area contributed by atoms with Crippen molar-refractivity contribution in [1.82, 2.24) is 19.9 Å². The number of amides is 1. The van der Waals surface area contributed by atoms with Crippen LogP contribution in [0.1, 0.15) is 23.3 Å². The molecule has 2 aromatic rings. The number of halogens is 1. The summed E-state index contributed by atoms with van der Waals surface area (Å²) in [6, 6.07) is 2.94. The number of aromatic nitrogens is 3. The molecule has 0 aromatic carbocycles. The lowest BCUT2D eigenvalue weighted by Crippen LogP contribution is -2.55. The second-order valence-corrected chi connectivity index (χ2v) is 6.34. The zero-order valence-electron chi connectivity index (χ0n) is 14.0. The Morgan fingerprint density at radius 3 is 2.88 bits per heavy atom. The third kappa shape index (κ3) is 4.08. The standard InChI is InChI=1S/C17H20FN5O2/c1-22(16(24)14-10-19-6-7-20-14)11-17(25)5-2-8-23(12-17)15-4-3-13(18)9-21-15/h3-4,6-7,9-10,25H,2,5,8,11-12H2,1H3/t17-/m0/s1. The van der Waals surface area contributed by atoms with Gasteiger partial charge in [-0.05, 0) is 25.0 Å². The van der Waals surface area contributed by atoms with E-state index in [0.29, 0.717) is 18.8 Å². The number of hydrogen-bond acceptors (Lipinski definition) is 6. The highest BCUT2D eigenvalue weighted by atomic mass is 19.1. The van der Waals surface area contributed by atoms with Crippen LogP contribution in [-0.2, 0) is 0 Å². The number of carbonyl (C=O) groups is 1. The molecule has 3 heterocycles. The quantitative estimate of drug-likeness (QED) is 0.894. The highest BCUT2D eigenvalue weighted by Crippen LogP contribution is 2.26. The van der Waals surface area contributed by atoms with Crippen LogP contribution in [0.2, 0.25) is 0 Å². The van der Waals surface area contributed by atoms with Crippen LogP contribution < -0.4 is 4.90 Å². The maximum absolute atomic E-state index is 13.0. The second-order valence-electron chi connectivity index (χ2n) is 6.34. The number of carbonyl (C=O) groups excluding carboxylic acids is 1. The summed E-state index contributed by atoms with van der Waals surface area (Å²) in [5.41, 5.74) is -0.831. The van der Waals surface area contributed by atoms with Crippen LogP contribution in [0.3, 0.4) is 0 Å². The van der Waals surface area contributed by atoms with Crippen molar-refractivity contribution in [3.63, 3.8) is 0 Å². The van der Waals surface area contributed by atoms with Crippen molar-refractivity contribution in [3.8, 4) is 0 Å². The van der Waals surface area contributed by atoms with Gasteiger partial charge in [-0.2, -0.15) is 0 Å². The molecule has 25 heavy (non-hydrogen) atoms. The monoisotopic (exact) mass is 345 g/mol. The highest BCUT2D eigenvalue weighted by molar-refractivity contribution is 5.91. The number of hydrogen-bond donors (Lipinski definition) is 1. The van der Waals surface area contributed by atoms with Crippen LogP contribution in [0.25, 0.3) is 0 Å². The first kappa shape index (κ1) is 17.2. The molecule has 1 aliphatic rings. The molecule has 0 aliphatic carbocycles. The minimum absolute atomic E-state index is 0.167. The number of anilines is 1. The Kier molecular flexibility index (Phi) is 4.89. The summed E-state index contributed by atoms with van der Waals surface area (Å²) in [6.45, 7) is 1.21. The predicted octanol–water partition coefficient (Wildman–Crippen LogP) is 1.11. The molecule has 1 atom stereocenters. The lowest BCUT2D eigenvalue weighted by molar-refractivity contribution is -0.000293. The van der Waals surface area contributed by atoms with Crippen molar-refractivity contribution >= 4 is 11.7 Å². The molecule has 1 aliphatic heterocycles. The average molecular weight is 345 g/mol. The Hall–Kier alpha value is -2.61. The fraction of sp³-hybridized carbons (Fsp3) is 0.412. The van der Waals surface area contributed by atoms with Gasteiger partial charge in [-0.15, -0.1) is 0 Å². The Bertz CT molecular complexity index is 728.